The number of aromatic nitrogens is 4. The van der Waals surface area contributed by atoms with E-state index in [0.29, 0.717) is 0 Å². The van der Waals surface area contributed by atoms with Crippen LogP contribution >= 0.6 is 0 Å². The van der Waals surface area contributed by atoms with Crippen molar-refractivity contribution in [2.75, 3.05) is 0 Å². The van der Waals surface area contributed by atoms with Gasteiger partial charge in [0.25, 0.3) is 0 Å². The largest absolute Gasteiger partial charge is 0.343 e. The minimum atomic E-state index is -2.84. The van der Waals surface area contributed by atoms with Gasteiger partial charge in [0, 0.05) is 112 Å². The monoisotopic (exact) mass is 844 g/mol. The van der Waals surface area contributed by atoms with Gasteiger partial charge in [-0.05, 0) is 91.6 Å². The zero-order valence-electron chi connectivity index (χ0n) is 35.6. The molecule has 0 spiro atoms. The van der Waals surface area contributed by atoms with Crippen LogP contribution in [0.3, 0.4) is 0 Å². The fraction of sp³-hybridized carbons (Fsp3) is 0.0667. The second-order valence-electron chi connectivity index (χ2n) is 19.1. The van der Waals surface area contributed by atoms with Crippen molar-refractivity contribution in [2.24, 2.45) is 0 Å². The Kier molecular flexibility index (Phi) is 6.51. The van der Waals surface area contributed by atoms with Gasteiger partial charge >= 0.3 is 0 Å². The summed E-state index contributed by atoms with van der Waals surface area (Å²) >= 11 is 0. The van der Waals surface area contributed by atoms with Crippen LogP contribution in [-0.2, 0) is 24.7 Å². The molecular formula is C60H40N4Si. The molecule has 0 unspecified atom stereocenters. The van der Waals surface area contributed by atoms with Crippen molar-refractivity contribution in [3.8, 4) is 0 Å². The Bertz CT molecular complexity index is 3700. The Morgan fingerprint density at radius 1 is 0.200 bits per heavy atom. The molecule has 5 heteroatoms. The van der Waals surface area contributed by atoms with Gasteiger partial charge in [-0.1, -0.05) is 146 Å². The van der Waals surface area contributed by atoms with Gasteiger partial charge in [0.05, 0.1) is 0 Å². The molecule has 0 radical (unpaired) electrons. The summed E-state index contributed by atoms with van der Waals surface area (Å²) in [5.41, 5.74) is 10.7. The first-order chi connectivity index (χ1) is 32.2. The van der Waals surface area contributed by atoms with E-state index in [1.807, 2.05) is 0 Å². The van der Waals surface area contributed by atoms with Crippen LogP contribution in [0.4, 0.5) is 0 Å². The van der Waals surface area contributed by atoms with Crippen LogP contribution in [0.1, 0.15) is 0 Å². The van der Waals surface area contributed by atoms with Crippen molar-refractivity contribution in [3.05, 3.63) is 194 Å². The number of hydrogen-bond acceptors (Lipinski definition) is 0. The third-order valence-electron chi connectivity index (χ3n) is 15.7. The van der Waals surface area contributed by atoms with Crippen molar-refractivity contribution in [1.29, 1.82) is 0 Å². The third kappa shape index (κ3) is 4.46. The van der Waals surface area contributed by atoms with E-state index >= 15 is 0 Å². The van der Waals surface area contributed by atoms with Crippen LogP contribution in [0.2, 0.25) is 0 Å². The van der Waals surface area contributed by atoms with Gasteiger partial charge in [-0.2, -0.15) is 0 Å². The van der Waals surface area contributed by atoms with Crippen LogP contribution in [0.5, 0.6) is 0 Å². The summed E-state index contributed by atoms with van der Waals surface area (Å²) in [7, 11) is -2.84. The topological polar surface area (TPSA) is 19.7 Å². The Hall–Kier alpha value is -7.86. The molecule has 0 saturated heterocycles. The first-order valence-electron chi connectivity index (χ1n) is 23.1. The minimum absolute atomic E-state index is 0.927. The molecule has 16 rings (SSSR count). The maximum absolute atomic E-state index is 2.84. The van der Waals surface area contributed by atoms with Crippen LogP contribution in [0.15, 0.2) is 194 Å². The fourth-order valence-electron chi connectivity index (χ4n) is 13.1. The summed E-state index contributed by atoms with van der Waals surface area (Å²) in [6, 6.07) is 74.4. The predicted octanol–water partition coefficient (Wildman–Crippen LogP) is 15.2. The molecule has 65 heavy (non-hydrogen) atoms. The summed E-state index contributed by atoms with van der Waals surface area (Å²) in [4.78, 5) is 0. The highest BCUT2D eigenvalue weighted by Gasteiger charge is 2.40. The smallest absolute Gasteiger partial charge is 0.139 e. The SMILES string of the molecule is c1cc2ccc3cccc4c3c2c(c1)n4C[Si](Cn1c2cccc3ccc4cccc1c4c32)(Cn1c2cccc3ccc4cccc1c4c32)Cn1c2cccc3ccc4cccc1c4c32. The van der Waals surface area contributed by atoms with E-state index in [1.54, 1.807) is 0 Å². The Labute approximate surface area is 373 Å². The standard InChI is InChI=1S/C60H40N4Si/c1-9-37-25-26-38-10-2-18-46-54(38)53(37)45(17-1)61(46)33-65(34-62-47-19-3-11-39-27-28-40-12-4-20-48(62)56(40)55(39)47,35-63-49-21-5-13-41-29-30-42-14-6-22-50(63)58(42)57(41)49)36-64-51-23-7-15-43-31-32-44-16-8-24-52(64)60(44)59(43)51/h1-32H,33-36H2. The number of nitrogens with zero attached hydrogens (tertiary/aromatic N) is 4. The molecule has 4 nitrogen and oxygen atoms in total. The van der Waals surface area contributed by atoms with Crippen LogP contribution in [0, 0.1) is 0 Å². The van der Waals surface area contributed by atoms with Crippen LogP contribution in [0.25, 0.3) is 130 Å². The molecule has 304 valence electrons. The predicted molar refractivity (Wildman–Crippen MR) is 278 cm³/mol. The molecule has 0 amide bonds. The highest BCUT2D eigenvalue weighted by molar-refractivity contribution is 6.76. The summed E-state index contributed by atoms with van der Waals surface area (Å²) in [5, 5.41) is 21.6. The lowest BCUT2D eigenvalue weighted by atomic mass is 10.0. The molecule has 0 aliphatic heterocycles. The molecule has 0 bridgehead atoms. The molecule has 12 aromatic carbocycles. The maximum atomic E-state index is 2.77. The minimum Gasteiger partial charge on any atom is -0.343 e. The highest BCUT2D eigenvalue weighted by atomic mass is 28.3. The van der Waals surface area contributed by atoms with Gasteiger partial charge in [-0.25, -0.2) is 0 Å². The lowest BCUT2D eigenvalue weighted by Crippen LogP contribution is -2.53. The normalized spacial score (nSPS) is 13.2. The van der Waals surface area contributed by atoms with Crippen molar-refractivity contribution in [3.63, 3.8) is 0 Å². The van der Waals surface area contributed by atoms with E-state index in [4.69, 9.17) is 0 Å². The Morgan fingerprint density at radius 3 is 0.508 bits per heavy atom. The van der Waals surface area contributed by atoms with Crippen LogP contribution < -0.4 is 0 Å². The van der Waals surface area contributed by atoms with Gasteiger partial charge < -0.3 is 18.3 Å². The second kappa shape index (κ2) is 12.2. The second-order valence-corrected chi connectivity index (χ2v) is 23.4. The van der Waals surface area contributed by atoms with E-state index in [2.05, 4.69) is 212 Å². The molecule has 0 saturated carbocycles. The molecule has 0 aliphatic rings. The van der Waals surface area contributed by atoms with Crippen molar-refractivity contribution in [1.82, 2.24) is 18.3 Å². The van der Waals surface area contributed by atoms with Gasteiger partial charge in [-0.3, -0.25) is 0 Å². The molecular weight excluding hydrogens is 805 g/mol. The zero-order valence-corrected chi connectivity index (χ0v) is 36.6. The fourth-order valence-corrected chi connectivity index (χ4v) is 17.8. The third-order valence-corrected chi connectivity index (χ3v) is 19.6. The summed E-state index contributed by atoms with van der Waals surface area (Å²) < 4.78 is 11.1. The lowest BCUT2D eigenvalue weighted by Gasteiger charge is -2.36. The van der Waals surface area contributed by atoms with E-state index in [-0.39, 0.29) is 0 Å². The average molecular weight is 845 g/mol. The molecule has 0 fully saturated rings. The van der Waals surface area contributed by atoms with Crippen LogP contribution in [-0.4, -0.2) is 26.3 Å². The van der Waals surface area contributed by atoms with E-state index < -0.39 is 8.07 Å². The van der Waals surface area contributed by atoms with Gasteiger partial charge in [-0.15, -0.1) is 0 Å². The molecule has 4 heterocycles. The molecule has 0 atom stereocenters. The quantitative estimate of drug-likeness (QED) is 0.107. The Balaban J connectivity index is 1.06. The van der Waals surface area contributed by atoms with E-state index in [0.717, 1.165) is 24.7 Å². The molecule has 16 aromatic rings. The van der Waals surface area contributed by atoms with E-state index in [9.17, 15) is 0 Å². The number of benzene rings is 12. The Morgan fingerprint density at radius 2 is 0.354 bits per heavy atom. The lowest BCUT2D eigenvalue weighted by molar-refractivity contribution is 0.736. The average Bonchev–Trinajstić information content (AvgIpc) is 4.07. The molecule has 4 aromatic heterocycles. The summed E-state index contributed by atoms with van der Waals surface area (Å²) in [6.45, 7) is 0. The molecule has 0 aliphatic carbocycles. The summed E-state index contributed by atoms with van der Waals surface area (Å²) in [5.74, 6) is 0. The summed E-state index contributed by atoms with van der Waals surface area (Å²) in [6.07, 6.45) is 3.71. The van der Waals surface area contributed by atoms with Gasteiger partial charge in [0.2, 0.25) is 0 Å². The molecule has 0 N–H and O–H groups in total. The maximum Gasteiger partial charge on any atom is 0.139 e. The van der Waals surface area contributed by atoms with Gasteiger partial charge in [0.15, 0.2) is 0 Å². The van der Waals surface area contributed by atoms with E-state index in [1.165, 1.54) is 130 Å². The van der Waals surface area contributed by atoms with Gasteiger partial charge in [0.1, 0.15) is 8.07 Å². The van der Waals surface area contributed by atoms with Crippen molar-refractivity contribution >= 4 is 138 Å². The number of rotatable bonds is 8. The first kappa shape index (κ1) is 34.6. The first-order valence-corrected chi connectivity index (χ1v) is 25.9. The number of hydrogen-bond donors (Lipinski definition) is 0. The van der Waals surface area contributed by atoms with Crippen molar-refractivity contribution < 1.29 is 0 Å². The van der Waals surface area contributed by atoms with Crippen molar-refractivity contribution in [2.45, 2.75) is 24.7 Å². The zero-order chi connectivity index (χ0) is 42.1. The highest BCUT2D eigenvalue weighted by Crippen LogP contribution is 2.44.